The van der Waals surface area contributed by atoms with E-state index in [2.05, 4.69) is 20.7 Å². The maximum Gasteiger partial charge on any atom is 0.320 e. The molecule has 4 rings (SSSR count). The smallest absolute Gasteiger partial charge is 0.320 e. The molecular formula is C19H21N5O3. The van der Waals surface area contributed by atoms with Gasteiger partial charge >= 0.3 is 6.03 Å². The lowest BCUT2D eigenvalue weighted by Gasteiger charge is -2.25. The molecule has 0 saturated heterocycles. The number of anilines is 1. The van der Waals surface area contributed by atoms with E-state index >= 15 is 0 Å². The molecule has 1 aliphatic heterocycles. The summed E-state index contributed by atoms with van der Waals surface area (Å²) in [6, 6.07) is 10.2. The van der Waals surface area contributed by atoms with Gasteiger partial charge in [-0.05, 0) is 24.5 Å². The van der Waals surface area contributed by atoms with Gasteiger partial charge in [-0.25, -0.2) is 4.79 Å². The van der Waals surface area contributed by atoms with Crippen LogP contribution in [0.3, 0.4) is 0 Å². The molecule has 2 aromatic heterocycles. The Morgan fingerprint density at radius 1 is 1.30 bits per heavy atom. The SMILES string of the molecule is Cn1ncc2cc3nc(c21)OCCCC(O)C(c1ccccc1)NC(=O)N3. The van der Waals surface area contributed by atoms with Gasteiger partial charge in [0.05, 0.1) is 24.9 Å². The van der Waals surface area contributed by atoms with Crippen LogP contribution in [-0.4, -0.2) is 38.6 Å². The van der Waals surface area contributed by atoms with Crippen LogP contribution in [-0.2, 0) is 7.05 Å². The Balaban J connectivity index is 1.67. The van der Waals surface area contributed by atoms with E-state index in [1.807, 2.05) is 37.4 Å². The number of fused-ring (bicyclic) bond motifs is 4. The standard InChI is InChI=1S/C19H21N5O3/c1-24-17-13(11-20-24)10-15-21-18(17)27-9-5-8-14(25)16(23-19(26)22-15)12-6-3-2-4-7-12/h2-4,6-7,10-11,14,16,25H,5,8-9H2,1H3,(H2,21,22,23,26). The summed E-state index contributed by atoms with van der Waals surface area (Å²) in [5.41, 5.74) is 1.61. The lowest BCUT2D eigenvalue weighted by atomic mass is 9.98. The molecule has 3 heterocycles. The minimum Gasteiger partial charge on any atom is -0.476 e. The van der Waals surface area contributed by atoms with Gasteiger partial charge in [0.2, 0.25) is 5.88 Å². The Bertz CT molecular complexity index is 957. The van der Waals surface area contributed by atoms with Gasteiger partial charge < -0.3 is 15.2 Å². The van der Waals surface area contributed by atoms with Crippen LogP contribution in [0.2, 0.25) is 0 Å². The van der Waals surface area contributed by atoms with Crippen molar-refractivity contribution in [3.63, 3.8) is 0 Å². The molecule has 0 aliphatic carbocycles. The number of rotatable bonds is 1. The summed E-state index contributed by atoms with van der Waals surface area (Å²) in [5.74, 6) is 0.780. The summed E-state index contributed by atoms with van der Waals surface area (Å²) in [5, 5.41) is 21.3. The van der Waals surface area contributed by atoms with Crippen molar-refractivity contribution in [3.8, 4) is 5.88 Å². The molecule has 2 amide bonds. The molecule has 1 aliphatic rings. The van der Waals surface area contributed by atoms with Crippen molar-refractivity contribution >= 4 is 22.8 Å². The van der Waals surface area contributed by atoms with Crippen LogP contribution in [0.15, 0.2) is 42.6 Å². The molecule has 2 unspecified atom stereocenters. The molecule has 8 heteroatoms. The molecule has 0 saturated carbocycles. The third-order valence-corrected chi connectivity index (χ3v) is 4.64. The number of ether oxygens (including phenoxy) is 1. The van der Waals surface area contributed by atoms with Gasteiger partial charge in [0.1, 0.15) is 11.3 Å². The van der Waals surface area contributed by atoms with Crippen LogP contribution in [0, 0.1) is 0 Å². The summed E-state index contributed by atoms with van der Waals surface area (Å²) in [4.78, 5) is 17.0. The fraction of sp³-hybridized carbons (Fsp3) is 0.316. The molecule has 0 fully saturated rings. The van der Waals surface area contributed by atoms with Crippen molar-refractivity contribution in [2.24, 2.45) is 7.05 Å². The summed E-state index contributed by atoms with van der Waals surface area (Å²) >= 11 is 0. The number of amides is 2. The Hall–Kier alpha value is -3.13. The van der Waals surface area contributed by atoms with Gasteiger partial charge in [-0.15, -0.1) is 0 Å². The zero-order chi connectivity index (χ0) is 18.8. The topological polar surface area (TPSA) is 101 Å². The summed E-state index contributed by atoms with van der Waals surface area (Å²) in [6.07, 6.45) is 2.08. The first kappa shape index (κ1) is 17.3. The first-order valence-corrected chi connectivity index (χ1v) is 8.88. The first-order chi connectivity index (χ1) is 13.1. The van der Waals surface area contributed by atoms with E-state index in [0.717, 1.165) is 16.5 Å². The maximum atomic E-state index is 12.5. The zero-order valence-electron chi connectivity index (χ0n) is 14.9. The molecule has 0 radical (unpaired) electrons. The number of nitrogens with zero attached hydrogens (tertiary/aromatic N) is 3. The molecule has 3 aromatic rings. The predicted molar refractivity (Wildman–Crippen MR) is 101 cm³/mol. The number of nitrogens with one attached hydrogen (secondary N) is 2. The third kappa shape index (κ3) is 3.56. The average molecular weight is 367 g/mol. The van der Waals surface area contributed by atoms with Crippen LogP contribution in [0.1, 0.15) is 24.4 Å². The fourth-order valence-electron chi connectivity index (χ4n) is 3.31. The van der Waals surface area contributed by atoms with Gasteiger partial charge in [0.25, 0.3) is 0 Å². The van der Waals surface area contributed by atoms with E-state index in [4.69, 9.17) is 4.74 Å². The number of hydrogen-bond acceptors (Lipinski definition) is 5. The zero-order valence-corrected chi connectivity index (χ0v) is 14.9. The molecule has 8 nitrogen and oxygen atoms in total. The number of pyridine rings is 1. The number of carbonyl (C=O) groups excluding carboxylic acids is 1. The van der Waals surface area contributed by atoms with E-state index < -0.39 is 18.2 Å². The normalized spacial score (nSPS) is 20.7. The van der Waals surface area contributed by atoms with Crippen LogP contribution in [0.5, 0.6) is 5.88 Å². The Morgan fingerprint density at radius 3 is 2.93 bits per heavy atom. The molecule has 0 spiro atoms. The van der Waals surface area contributed by atoms with Crippen LogP contribution in [0.4, 0.5) is 10.6 Å². The molecule has 1 aromatic carbocycles. The van der Waals surface area contributed by atoms with E-state index in [9.17, 15) is 9.90 Å². The molecule has 140 valence electrons. The van der Waals surface area contributed by atoms with Gasteiger partial charge in [-0.3, -0.25) is 10.00 Å². The number of hydrogen-bond donors (Lipinski definition) is 3. The second-order valence-electron chi connectivity index (χ2n) is 6.56. The molecule has 2 bridgehead atoms. The van der Waals surface area contributed by atoms with E-state index in [1.54, 1.807) is 16.9 Å². The lowest BCUT2D eigenvalue weighted by Crippen LogP contribution is -2.39. The van der Waals surface area contributed by atoms with Crippen molar-refractivity contribution in [2.75, 3.05) is 11.9 Å². The van der Waals surface area contributed by atoms with Gasteiger partial charge in [-0.2, -0.15) is 10.1 Å². The molecular weight excluding hydrogens is 346 g/mol. The van der Waals surface area contributed by atoms with E-state index in [-0.39, 0.29) is 0 Å². The maximum absolute atomic E-state index is 12.5. The fourth-order valence-corrected chi connectivity index (χ4v) is 3.31. The highest BCUT2D eigenvalue weighted by Gasteiger charge is 2.24. The van der Waals surface area contributed by atoms with Crippen molar-refractivity contribution in [3.05, 3.63) is 48.2 Å². The Kier molecular flexibility index (Phi) is 4.64. The van der Waals surface area contributed by atoms with E-state index in [1.165, 1.54) is 0 Å². The quantitative estimate of drug-likeness (QED) is 0.613. The number of urea groups is 1. The van der Waals surface area contributed by atoms with Gasteiger partial charge in [-0.1, -0.05) is 30.3 Å². The molecule has 3 N–H and O–H groups in total. The number of aromatic nitrogens is 3. The summed E-state index contributed by atoms with van der Waals surface area (Å²) in [7, 11) is 1.81. The van der Waals surface area contributed by atoms with Crippen molar-refractivity contribution in [1.82, 2.24) is 20.1 Å². The number of aryl methyl sites for hydroxylation is 1. The van der Waals surface area contributed by atoms with E-state index in [0.29, 0.717) is 31.1 Å². The highest BCUT2D eigenvalue weighted by molar-refractivity contribution is 5.92. The monoisotopic (exact) mass is 367 g/mol. The number of aliphatic hydroxyl groups excluding tert-OH is 1. The number of benzene rings is 1. The van der Waals surface area contributed by atoms with Crippen LogP contribution in [0.25, 0.3) is 10.9 Å². The predicted octanol–water partition coefficient (Wildman–Crippen LogP) is 2.36. The highest BCUT2D eigenvalue weighted by Crippen LogP contribution is 2.27. The molecule has 2 atom stereocenters. The molecule has 27 heavy (non-hydrogen) atoms. The highest BCUT2D eigenvalue weighted by atomic mass is 16.5. The second-order valence-corrected chi connectivity index (χ2v) is 6.56. The Morgan fingerprint density at radius 2 is 2.11 bits per heavy atom. The minimum absolute atomic E-state index is 0.366. The van der Waals surface area contributed by atoms with Crippen molar-refractivity contribution < 1.29 is 14.6 Å². The summed E-state index contributed by atoms with van der Waals surface area (Å²) < 4.78 is 7.53. The Labute approximate surface area is 156 Å². The third-order valence-electron chi connectivity index (χ3n) is 4.64. The summed E-state index contributed by atoms with van der Waals surface area (Å²) in [6.45, 7) is 0.406. The lowest BCUT2D eigenvalue weighted by molar-refractivity contribution is 0.113. The van der Waals surface area contributed by atoms with Crippen molar-refractivity contribution in [2.45, 2.75) is 25.0 Å². The first-order valence-electron chi connectivity index (χ1n) is 8.88. The van der Waals surface area contributed by atoms with Gasteiger partial charge in [0.15, 0.2) is 0 Å². The number of aliphatic hydroxyl groups is 1. The second kappa shape index (κ2) is 7.24. The van der Waals surface area contributed by atoms with Crippen LogP contribution < -0.4 is 15.4 Å². The average Bonchev–Trinajstić information content (AvgIpc) is 3.04. The van der Waals surface area contributed by atoms with Crippen molar-refractivity contribution in [1.29, 1.82) is 0 Å². The van der Waals surface area contributed by atoms with Gasteiger partial charge in [0, 0.05) is 12.4 Å². The largest absolute Gasteiger partial charge is 0.476 e. The minimum atomic E-state index is -0.732. The number of carbonyl (C=O) groups is 1. The van der Waals surface area contributed by atoms with Crippen LogP contribution >= 0.6 is 0 Å².